The first-order chi connectivity index (χ1) is 10.2. The van der Waals surface area contributed by atoms with Crippen molar-refractivity contribution in [2.24, 2.45) is 0 Å². The van der Waals surface area contributed by atoms with Crippen LogP contribution < -0.4 is 0 Å². The third kappa shape index (κ3) is 3.39. The zero-order chi connectivity index (χ0) is 16.5. The molecule has 0 bridgehead atoms. The number of methoxy groups -OCH3 is 1. The molecule has 2 aromatic rings. The van der Waals surface area contributed by atoms with Gasteiger partial charge in [0.1, 0.15) is 5.82 Å². The third-order valence-electron chi connectivity index (χ3n) is 2.92. The summed E-state index contributed by atoms with van der Waals surface area (Å²) in [4.78, 5) is 11.4. The maximum atomic E-state index is 13.4. The number of hydrogen-bond acceptors (Lipinski definition) is 2. The Hall–Kier alpha value is -2.08. The standard InChI is InChI=1S/C15H9ClF4O2/c1-22-14(21)8-2-3-12(13(6-8)15(18,19)20)9-4-10(16)7-11(17)5-9/h2-7H,1H3. The molecule has 0 N–H and O–H groups in total. The molecule has 0 heterocycles. The van der Waals surface area contributed by atoms with Crippen molar-refractivity contribution in [2.75, 3.05) is 7.11 Å². The molecule has 0 unspecified atom stereocenters. The van der Waals surface area contributed by atoms with Crippen LogP contribution in [-0.2, 0) is 10.9 Å². The van der Waals surface area contributed by atoms with Gasteiger partial charge in [-0.2, -0.15) is 13.2 Å². The van der Waals surface area contributed by atoms with Crippen LogP contribution in [0.2, 0.25) is 5.02 Å². The number of alkyl halides is 3. The minimum atomic E-state index is -4.72. The van der Waals surface area contributed by atoms with Gasteiger partial charge in [-0.1, -0.05) is 17.7 Å². The summed E-state index contributed by atoms with van der Waals surface area (Å²) in [6.45, 7) is 0. The SMILES string of the molecule is COC(=O)c1ccc(-c2cc(F)cc(Cl)c2)c(C(F)(F)F)c1. The van der Waals surface area contributed by atoms with Gasteiger partial charge in [-0.3, -0.25) is 0 Å². The van der Waals surface area contributed by atoms with Gasteiger partial charge in [-0.15, -0.1) is 0 Å². The molecule has 2 rings (SSSR count). The Bertz CT molecular complexity index is 706. The molecule has 0 radical (unpaired) electrons. The predicted octanol–water partition coefficient (Wildman–Crippen LogP) is 4.95. The number of ether oxygens (including phenoxy) is 1. The van der Waals surface area contributed by atoms with Crippen molar-refractivity contribution in [2.45, 2.75) is 6.18 Å². The minimum absolute atomic E-state index is 0.0276. The van der Waals surface area contributed by atoms with E-state index in [1.54, 1.807) is 0 Å². The molecule has 0 aliphatic rings. The first kappa shape index (κ1) is 16.3. The van der Waals surface area contributed by atoms with Gasteiger partial charge in [0, 0.05) is 5.02 Å². The molecule has 0 saturated carbocycles. The van der Waals surface area contributed by atoms with Crippen LogP contribution in [0.15, 0.2) is 36.4 Å². The van der Waals surface area contributed by atoms with Crippen molar-refractivity contribution >= 4 is 17.6 Å². The van der Waals surface area contributed by atoms with Gasteiger partial charge >= 0.3 is 12.1 Å². The monoisotopic (exact) mass is 332 g/mol. The lowest BCUT2D eigenvalue weighted by molar-refractivity contribution is -0.137. The Kier molecular flexibility index (Phi) is 4.42. The largest absolute Gasteiger partial charge is 0.465 e. The van der Waals surface area contributed by atoms with E-state index in [2.05, 4.69) is 4.74 Å². The summed E-state index contributed by atoms with van der Waals surface area (Å²) in [5.41, 5.74) is -1.63. The zero-order valence-corrected chi connectivity index (χ0v) is 11.9. The van der Waals surface area contributed by atoms with E-state index in [0.29, 0.717) is 6.07 Å². The van der Waals surface area contributed by atoms with Crippen LogP contribution in [0.3, 0.4) is 0 Å². The number of halogens is 5. The molecule has 0 spiro atoms. The highest BCUT2D eigenvalue weighted by Crippen LogP contribution is 2.38. The molecule has 116 valence electrons. The van der Waals surface area contributed by atoms with E-state index >= 15 is 0 Å². The number of esters is 1. The number of carbonyl (C=O) groups excluding carboxylic acids is 1. The van der Waals surface area contributed by atoms with Crippen LogP contribution in [-0.4, -0.2) is 13.1 Å². The molecule has 0 aromatic heterocycles. The van der Waals surface area contributed by atoms with Crippen molar-refractivity contribution in [1.29, 1.82) is 0 Å². The minimum Gasteiger partial charge on any atom is -0.465 e. The first-order valence-corrected chi connectivity index (χ1v) is 6.36. The number of benzene rings is 2. The smallest absolute Gasteiger partial charge is 0.417 e. The summed E-state index contributed by atoms with van der Waals surface area (Å²) < 4.78 is 57.4. The molecule has 0 atom stereocenters. The molecular weight excluding hydrogens is 324 g/mol. The third-order valence-corrected chi connectivity index (χ3v) is 3.14. The summed E-state index contributed by atoms with van der Waals surface area (Å²) in [5, 5.41) is -0.0276. The molecule has 2 nitrogen and oxygen atoms in total. The lowest BCUT2D eigenvalue weighted by Crippen LogP contribution is -2.10. The van der Waals surface area contributed by atoms with Crippen LogP contribution in [0.4, 0.5) is 17.6 Å². The normalized spacial score (nSPS) is 11.4. The summed E-state index contributed by atoms with van der Waals surface area (Å²) in [6, 6.07) is 6.07. The average Bonchev–Trinajstić information content (AvgIpc) is 2.44. The van der Waals surface area contributed by atoms with Crippen LogP contribution in [0.25, 0.3) is 11.1 Å². The predicted molar refractivity (Wildman–Crippen MR) is 73.2 cm³/mol. The lowest BCUT2D eigenvalue weighted by Gasteiger charge is -2.14. The molecule has 0 amide bonds. The van der Waals surface area contributed by atoms with Gasteiger partial charge in [0.15, 0.2) is 0 Å². The number of hydrogen-bond donors (Lipinski definition) is 0. The quantitative estimate of drug-likeness (QED) is 0.574. The van der Waals surface area contributed by atoms with E-state index in [9.17, 15) is 22.4 Å². The van der Waals surface area contributed by atoms with Gasteiger partial charge in [-0.05, 0) is 41.5 Å². The summed E-state index contributed by atoms with van der Waals surface area (Å²) in [5.74, 6) is -1.65. The van der Waals surface area contributed by atoms with E-state index in [0.717, 1.165) is 25.3 Å². The van der Waals surface area contributed by atoms with Gasteiger partial charge in [0.25, 0.3) is 0 Å². The molecule has 0 aliphatic carbocycles. The topological polar surface area (TPSA) is 26.3 Å². The highest BCUT2D eigenvalue weighted by molar-refractivity contribution is 6.30. The second-order valence-corrected chi connectivity index (χ2v) is 4.84. The molecule has 7 heteroatoms. The highest BCUT2D eigenvalue weighted by atomic mass is 35.5. The molecule has 2 aromatic carbocycles. The zero-order valence-electron chi connectivity index (χ0n) is 11.2. The van der Waals surface area contributed by atoms with Crippen LogP contribution in [0, 0.1) is 5.82 Å². The summed E-state index contributed by atoms with van der Waals surface area (Å²) in [6.07, 6.45) is -4.72. The van der Waals surface area contributed by atoms with Gasteiger partial charge in [0.05, 0.1) is 18.2 Å². The van der Waals surface area contributed by atoms with Gasteiger partial charge in [-0.25, -0.2) is 9.18 Å². The van der Waals surface area contributed by atoms with Crippen molar-refractivity contribution in [1.82, 2.24) is 0 Å². The lowest BCUT2D eigenvalue weighted by atomic mass is 9.97. The fourth-order valence-corrected chi connectivity index (χ4v) is 2.21. The van der Waals surface area contributed by atoms with Crippen molar-refractivity contribution < 1.29 is 27.1 Å². The van der Waals surface area contributed by atoms with E-state index in [-0.39, 0.29) is 21.7 Å². The van der Waals surface area contributed by atoms with Crippen molar-refractivity contribution in [3.63, 3.8) is 0 Å². The summed E-state index contributed by atoms with van der Waals surface area (Å²) >= 11 is 5.68. The molecule has 22 heavy (non-hydrogen) atoms. The Balaban J connectivity index is 2.67. The van der Waals surface area contributed by atoms with E-state index < -0.39 is 23.5 Å². The fourth-order valence-electron chi connectivity index (χ4n) is 1.98. The second kappa shape index (κ2) is 5.96. The highest BCUT2D eigenvalue weighted by Gasteiger charge is 2.34. The Labute approximate surface area is 128 Å². The molecule has 0 fully saturated rings. The number of carbonyl (C=O) groups is 1. The Morgan fingerprint density at radius 1 is 1.14 bits per heavy atom. The second-order valence-electron chi connectivity index (χ2n) is 4.41. The van der Waals surface area contributed by atoms with Crippen LogP contribution in [0.1, 0.15) is 15.9 Å². The van der Waals surface area contributed by atoms with Gasteiger partial charge < -0.3 is 4.74 Å². The summed E-state index contributed by atoms with van der Waals surface area (Å²) in [7, 11) is 1.07. The van der Waals surface area contributed by atoms with Gasteiger partial charge in [0.2, 0.25) is 0 Å². The van der Waals surface area contributed by atoms with Crippen LogP contribution in [0.5, 0.6) is 0 Å². The average molecular weight is 333 g/mol. The van der Waals surface area contributed by atoms with Crippen molar-refractivity contribution in [3.05, 3.63) is 58.4 Å². The molecular formula is C15H9ClF4O2. The first-order valence-electron chi connectivity index (χ1n) is 5.98. The maximum absolute atomic E-state index is 13.4. The van der Waals surface area contributed by atoms with Crippen LogP contribution >= 0.6 is 11.6 Å². The van der Waals surface area contributed by atoms with E-state index in [1.807, 2.05) is 0 Å². The van der Waals surface area contributed by atoms with Crippen molar-refractivity contribution in [3.8, 4) is 11.1 Å². The Morgan fingerprint density at radius 2 is 1.82 bits per heavy atom. The van der Waals surface area contributed by atoms with E-state index in [1.165, 1.54) is 12.1 Å². The Morgan fingerprint density at radius 3 is 2.36 bits per heavy atom. The number of rotatable bonds is 2. The molecule has 0 aliphatic heterocycles. The fraction of sp³-hybridized carbons (Fsp3) is 0.133. The molecule has 0 saturated heterocycles. The maximum Gasteiger partial charge on any atom is 0.417 e. The van der Waals surface area contributed by atoms with E-state index in [4.69, 9.17) is 11.6 Å².